The molecule has 0 atom stereocenters. The molecule has 0 aliphatic heterocycles. The van der Waals surface area contributed by atoms with E-state index in [1.165, 1.54) is 24.5 Å². The number of aryl methyl sites for hydroxylation is 1. The number of hydrogen-bond donors (Lipinski definition) is 1. The van der Waals surface area contributed by atoms with E-state index in [2.05, 4.69) is 14.7 Å². The Hall–Kier alpha value is -1.37. The maximum absolute atomic E-state index is 12.1. The van der Waals surface area contributed by atoms with Crippen LogP contribution in [0.4, 0.5) is 5.69 Å². The van der Waals surface area contributed by atoms with Gasteiger partial charge in [-0.05, 0) is 30.7 Å². The number of anilines is 1. The molecule has 0 saturated heterocycles. The van der Waals surface area contributed by atoms with Crippen molar-refractivity contribution in [1.82, 2.24) is 9.97 Å². The van der Waals surface area contributed by atoms with Gasteiger partial charge in [-0.1, -0.05) is 23.2 Å². The van der Waals surface area contributed by atoms with Crippen molar-refractivity contribution in [3.05, 3.63) is 46.5 Å². The van der Waals surface area contributed by atoms with Crippen LogP contribution in [-0.4, -0.2) is 18.4 Å². The molecule has 0 bridgehead atoms. The van der Waals surface area contributed by atoms with Gasteiger partial charge in [0.25, 0.3) is 10.0 Å². The summed E-state index contributed by atoms with van der Waals surface area (Å²) in [7, 11) is -3.80. The Morgan fingerprint density at radius 1 is 1.21 bits per heavy atom. The van der Waals surface area contributed by atoms with Crippen molar-refractivity contribution in [3.63, 3.8) is 0 Å². The zero-order valence-electron chi connectivity index (χ0n) is 9.76. The summed E-state index contributed by atoms with van der Waals surface area (Å²) in [5.41, 5.74) is 0.973. The fourth-order valence-electron chi connectivity index (χ4n) is 1.40. The maximum atomic E-state index is 12.1. The van der Waals surface area contributed by atoms with Gasteiger partial charge in [-0.3, -0.25) is 4.72 Å². The topological polar surface area (TPSA) is 72.0 Å². The van der Waals surface area contributed by atoms with Gasteiger partial charge in [-0.15, -0.1) is 0 Å². The van der Waals surface area contributed by atoms with Gasteiger partial charge in [-0.25, -0.2) is 18.4 Å². The molecular weight excluding hydrogens is 309 g/mol. The second kappa shape index (κ2) is 5.32. The first-order valence-corrected chi connectivity index (χ1v) is 7.39. The molecule has 2 rings (SSSR count). The molecule has 0 fully saturated rings. The number of rotatable bonds is 3. The Balaban J connectivity index is 2.37. The van der Waals surface area contributed by atoms with Crippen LogP contribution in [0.2, 0.25) is 10.3 Å². The van der Waals surface area contributed by atoms with Gasteiger partial charge in [0.1, 0.15) is 15.2 Å². The summed E-state index contributed by atoms with van der Waals surface area (Å²) in [5.74, 6) is 0. The standard InChI is InChI=1S/C11H9Cl2N3O2S/c1-7-5-8(6-15-10(7)12)16-19(17,18)9-3-2-4-14-11(9)13/h2-6,16H,1H3. The van der Waals surface area contributed by atoms with Crippen molar-refractivity contribution in [2.75, 3.05) is 4.72 Å². The minimum atomic E-state index is -3.80. The SMILES string of the molecule is Cc1cc(NS(=O)(=O)c2cccnc2Cl)cnc1Cl. The van der Waals surface area contributed by atoms with Gasteiger partial charge >= 0.3 is 0 Å². The van der Waals surface area contributed by atoms with Crippen molar-refractivity contribution in [2.45, 2.75) is 11.8 Å². The van der Waals surface area contributed by atoms with Gasteiger partial charge in [0.05, 0.1) is 11.9 Å². The monoisotopic (exact) mass is 317 g/mol. The second-order valence-corrected chi connectivity index (χ2v) is 6.10. The molecule has 2 aromatic heterocycles. The molecule has 0 unspecified atom stereocenters. The number of aromatic nitrogens is 2. The number of pyridine rings is 2. The summed E-state index contributed by atoms with van der Waals surface area (Å²) < 4.78 is 26.6. The Bertz CT molecular complexity index is 720. The predicted molar refractivity (Wildman–Crippen MR) is 74.0 cm³/mol. The van der Waals surface area contributed by atoms with Gasteiger partial charge < -0.3 is 0 Å². The summed E-state index contributed by atoms with van der Waals surface area (Å²) in [6.07, 6.45) is 2.74. The molecule has 0 spiro atoms. The van der Waals surface area contributed by atoms with E-state index < -0.39 is 10.0 Å². The fourth-order valence-corrected chi connectivity index (χ4v) is 2.99. The third-order valence-corrected chi connectivity index (χ3v) is 4.50. The highest BCUT2D eigenvalue weighted by Gasteiger charge is 2.18. The third-order valence-electron chi connectivity index (χ3n) is 2.28. The summed E-state index contributed by atoms with van der Waals surface area (Å²) in [6, 6.07) is 4.44. The minimum absolute atomic E-state index is 0.0892. The number of halogens is 2. The zero-order valence-corrected chi connectivity index (χ0v) is 12.1. The largest absolute Gasteiger partial charge is 0.278 e. The molecule has 0 amide bonds. The van der Waals surface area contributed by atoms with Crippen LogP contribution in [0.5, 0.6) is 0 Å². The van der Waals surface area contributed by atoms with Crippen LogP contribution in [0.1, 0.15) is 5.56 Å². The van der Waals surface area contributed by atoms with E-state index in [4.69, 9.17) is 23.2 Å². The van der Waals surface area contributed by atoms with Crippen LogP contribution < -0.4 is 4.72 Å². The lowest BCUT2D eigenvalue weighted by atomic mass is 10.3. The summed E-state index contributed by atoms with van der Waals surface area (Å²) in [6.45, 7) is 1.73. The van der Waals surface area contributed by atoms with Crippen molar-refractivity contribution >= 4 is 38.9 Å². The van der Waals surface area contributed by atoms with Crippen LogP contribution in [0.15, 0.2) is 35.5 Å². The van der Waals surface area contributed by atoms with Crippen LogP contribution in [0, 0.1) is 6.92 Å². The van der Waals surface area contributed by atoms with E-state index in [9.17, 15) is 8.42 Å². The van der Waals surface area contributed by atoms with E-state index in [1.807, 2.05) is 0 Å². The highest BCUT2D eigenvalue weighted by Crippen LogP contribution is 2.22. The molecule has 19 heavy (non-hydrogen) atoms. The van der Waals surface area contributed by atoms with E-state index in [-0.39, 0.29) is 10.0 Å². The van der Waals surface area contributed by atoms with E-state index in [0.29, 0.717) is 16.4 Å². The number of hydrogen-bond acceptors (Lipinski definition) is 4. The predicted octanol–water partition coefficient (Wildman–Crippen LogP) is 2.89. The quantitative estimate of drug-likeness (QED) is 0.883. The molecule has 0 radical (unpaired) electrons. The highest BCUT2D eigenvalue weighted by molar-refractivity contribution is 7.92. The first-order valence-electron chi connectivity index (χ1n) is 5.15. The molecule has 0 aromatic carbocycles. The number of sulfonamides is 1. The molecule has 0 saturated carbocycles. The van der Waals surface area contributed by atoms with E-state index in [1.54, 1.807) is 13.0 Å². The van der Waals surface area contributed by atoms with Crippen LogP contribution in [0.3, 0.4) is 0 Å². The van der Waals surface area contributed by atoms with Gasteiger partial charge in [-0.2, -0.15) is 0 Å². The first-order chi connectivity index (χ1) is 8.90. The van der Waals surface area contributed by atoms with Crippen molar-refractivity contribution in [1.29, 1.82) is 0 Å². The Morgan fingerprint density at radius 2 is 1.95 bits per heavy atom. The smallest absolute Gasteiger partial charge is 0.265 e. The Kier molecular flexibility index (Phi) is 3.93. The zero-order chi connectivity index (χ0) is 14.0. The van der Waals surface area contributed by atoms with Crippen molar-refractivity contribution < 1.29 is 8.42 Å². The third kappa shape index (κ3) is 3.15. The lowest BCUT2D eigenvalue weighted by Gasteiger charge is -2.09. The van der Waals surface area contributed by atoms with Crippen molar-refractivity contribution in [3.8, 4) is 0 Å². The highest BCUT2D eigenvalue weighted by atomic mass is 35.5. The average molecular weight is 318 g/mol. The molecule has 2 aromatic rings. The maximum Gasteiger partial charge on any atom is 0.265 e. The number of nitrogens with one attached hydrogen (secondary N) is 1. The second-order valence-electron chi connectivity index (χ2n) is 3.73. The van der Waals surface area contributed by atoms with Gasteiger partial charge in [0, 0.05) is 6.20 Å². The molecular formula is C11H9Cl2N3O2S. The first kappa shape index (κ1) is 14.0. The molecule has 100 valence electrons. The lowest BCUT2D eigenvalue weighted by Crippen LogP contribution is -2.14. The molecule has 0 aliphatic carbocycles. The molecule has 5 nitrogen and oxygen atoms in total. The van der Waals surface area contributed by atoms with Crippen LogP contribution in [-0.2, 0) is 10.0 Å². The fraction of sp³-hybridized carbons (Fsp3) is 0.0909. The molecule has 0 aliphatic rings. The van der Waals surface area contributed by atoms with Crippen molar-refractivity contribution in [2.24, 2.45) is 0 Å². The summed E-state index contributed by atoms with van der Waals surface area (Å²) in [5, 5.41) is 0.232. The Morgan fingerprint density at radius 3 is 2.58 bits per heavy atom. The van der Waals surface area contributed by atoms with Crippen LogP contribution >= 0.6 is 23.2 Å². The van der Waals surface area contributed by atoms with E-state index in [0.717, 1.165) is 0 Å². The van der Waals surface area contributed by atoms with Gasteiger partial charge in [0.15, 0.2) is 0 Å². The van der Waals surface area contributed by atoms with E-state index >= 15 is 0 Å². The Labute approximate surface area is 120 Å². The minimum Gasteiger partial charge on any atom is -0.278 e. The number of nitrogens with zero attached hydrogens (tertiary/aromatic N) is 2. The van der Waals surface area contributed by atoms with Crippen LogP contribution in [0.25, 0.3) is 0 Å². The summed E-state index contributed by atoms with van der Waals surface area (Å²) >= 11 is 11.5. The lowest BCUT2D eigenvalue weighted by molar-refractivity contribution is 0.601. The molecule has 2 heterocycles. The molecule has 1 N–H and O–H groups in total. The summed E-state index contributed by atoms with van der Waals surface area (Å²) in [4.78, 5) is 7.50. The molecule has 8 heteroatoms. The van der Waals surface area contributed by atoms with Gasteiger partial charge in [0.2, 0.25) is 0 Å². The normalized spacial score (nSPS) is 11.3. The average Bonchev–Trinajstić information content (AvgIpc) is 2.34.